The van der Waals surface area contributed by atoms with Crippen LogP contribution in [0, 0.1) is 11.8 Å². The molecule has 1 atom stereocenters. The maximum absolute atomic E-state index is 13.0. The minimum Gasteiger partial charge on any atom is -0.462 e. The SMILES string of the molecule is CC(=O)OC(CCc1ccc(Cl)cc1)COC(=O)CC1CCN(C2CCC(CC(=O)c3ccc4c(c3)N=CCN4)CC2)CC1. The number of nitrogens with zero attached hydrogens (tertiary/aromatic N) is 2. The molecule has 2 fully saturated rings. The smallest absolute Gasteiger partial charge is 0.306 e. The second kappa shape index (κ2) is 15.7. The van der Waals surface area contributed by atoms with Crippen LogP contribution in [0.15, 0.2) is 47.5 Å². The highest BCUT2D eigenvalue weighted by Crippen LogP contribution is 2.34. The molecule has 0 aromatic heterocycles. The van der Waals surface area contributed by atoms with Crippen LogP contribution in [0.1, 0.15) is 80.6 Å². The number of hydrogen-bond acceptors (Lipinski definition) is 8. The Kier molecular flexibility index (Phi) is 11.5. The van der Waals surface area contributed by atoms with Crippen LogP contribution >= 0.6 is 11.6 Å². The summed E-state index contributed by atoms with van der Waals surface area (Å²) in [4.78, 5) is 44.3. The molecule has 236 valence electrons. The average Bonchev–Trinajstić information content (AvgIpc) is 3.03. The first-order valence-electron chi connectivity index (χ1n) is 16.1. The molecular weight excluding hydrogens is 578 g/mol. The van der Waals surface area contributed by atoms with Gasteiger partial charge in [0, 0.05) is 42.6 Å². The number of rotatable bonds is 12. The Balaban J connectivity index is 0.986. The third-order valence-electron chi connectivity index (χ3n) is 9.28. The molecule has 8 nitrogen and oxygen atoms in total. The van der Waals surface area contributed by atoms with Crippen molar-refractivity contribution in [1.82, 2.24) is 4.90 Å². The van der Waals surface area contributed by atoms with Crippen molar-refractivity contribution in [3.05, 3.63) is 58.6 Å². The van der Waals surface area contributed by atoms with Crippen LogP contribution in [0.5, 0.6) is 0 Å². The summed E-state index contributed by atoms with van der Waals surface area (Å²) in [7, 11) is 0. The number of ether oxygens (including phenoxy) is 2. The number of benzene rings is 2. The van der Waals surface area contributed by atoms with Gasteiger partial charge in [-0.3, -0.25) is 19.4 Å². The number of aryl methyl sites for hydroxylation is 1. The second-order valence-electron chi connectivity index (χ2n) is 12.5. The number of Topliss-reactive ketones (excluding diaryl/α,β-unsaturated/α-hetero) is 1. The largest absolute Gasteiger partial charge is 0.462 e. The molecule has 0 bridgehead atoms. The number of carbonyl (C=O) groups is 3. The third kappa shape index (κ3) is 9.38. The van der Waals surface area contributed by atoms with Gasteiger partial charge in [-0.1, -0.05) is 23.7 Å². The van der Waals surface area contributed by atoms with Crippen LogP contribution < -0.4 is 5.32 Å². The van der Waals surface area contributed by atoms with Gasteiger partial charge in [0.15, 0.2) is 5.78 Å². The number of aliphatic imine (C=N–C) groups is 1. The zero-order chi connectivity index (χ0) is 30.9. The lowest BCUT2D eigenvalue weighted by atomic mass is 9.81. The van der Waals surface area contributed by atoms with E-state index in [1.165, 1.54) is 6.92 Å². The van der Waals surface area contributed by atoms with Gasteiger partial charge in [-0.05, 0) is 112 Å². The van der Waals surface area contributed by atoms with Gasteiger partial charge in [-0.15, -0.1) is 0 Å². The van der Waals surface area contributed by atoms with Crippen molar-refractivity contribution in [2.24, 2.45) is 16.8 Å². The monoisotopic (exact) mass is 621 g/mol. The topological polar surface area (TPSA) is 97.3 Å². The van der Waals surface area contributed by atoms with E-state index in [1.807, 2.05) is 48.7 Å². The lowest BCUT2D eigenvalue weighted by Crippen LogP contribution is -2.43. The van der Waals surface area contributed by atoms with Crippen molar-refractivity contribution in [2.75, 3.05) is 31.6 Å². The number of carbonyl (C=O) groups excluding carboxylic acids is 3. The van der Waals surface area contributed by atoms with E-state index in [1.54, 1.807) is 0 Å². The average molecular weight is 622 g/mol. The predicted octanol–water partition coefficient (Wildman–Crippen LogP) is 6.81. The quantitative estimate of drug-likeness (QED) is 0.205. The molecule has 0 spiro atoms. The first kappa shape index (κ1) is 32.2. The summed E-state index contributed by atoms with van der Waals surface area (Å²) in [5, 5.41) is 3.95. The van der Waals surface area contributed by atoms with Crippen LogP contribution in [0.25, 0.3) is 0 Å². The molecular formula is C35H44ClN3O5. The fourth-order valence-electron chi connectivity index (χ4n) is 6.75. The lowest BCUT2D eigenvalue weighted by Gasteiger charge is -2.40. The zero-order valence-electron chi connectivity index (χ0n) is 25.6. The number of hydrogen-bond donors (Lipinski definition) is 1. The maximum Gasteiger partial charge on any atom is 0.306 e. The van der Waals surface area contributed by atoms with E-state index >= 15 is 0 Å². The van der Waals surface area contributed by atoms with E-state index in [0.717, 1.165) is 80.7 Å². The Hall–Kier alpha value is -3.23. The highest BCUT2D eigenvalue weighted by molar-refractivity contribution is 6.30. The Morgan fingerprint density at radius 3 is 2.43 bits per heavy atom. The summed E-state index contributed by atoms with van der Waals surface area (Å²) in [6.45, 7) is 4.16. The number of fused-ring (bicyclic) bond motifs is 1. The molecule has 2 aliphatic heterocycles. The number of anilines is 1. The summed E-state index contributed by atoms with van der Waals surface area (Å²) in [5.74, 6) is 0.359. The van der Waals surface area contributed by atoms with Gasteiger partial charge in [-0.25, -0.2) is 0 Å². The lowest BCUT2D eigenvalue weighted by molar-refractivity contribution is -0.158. The number of likely N-dealkylation sites (tertiary alicyclic amines) is 1. The number of nitrogens with one attached hydrogen (secondary N) is 1. The number of esters is 2. The van der Waals surface area contributed by atoms with E-state index in [-0.39, 0.29) is 24.3 Å². The number of piperidine rings is 1. The summed E-state index contributed by atoms with van der Waals surface area (Å²) in [5.41, 5.74) is 3.68. The molecule has 2 aromatic rings. The molecule has 1 N–H and O–H groups in total. The molecule has 1 unspecified atom stereocenters. The van der Waals surface area contributed by atoms with Crippen molar-refractivity contribution in [2.45, 2.75) is 83.3 Å². The van der Waals surface area contributed by atoms with Crippen molar-refractivity contribution in [1.29, 1.82) is 0 Å². The van der Waals surface area contributed by atoms with Crippen LogP contribution in [0.4, 0.5) is 11.4 Å². The minimum absolute atomic E-state index is 0.0776. The first-order chi connectivity index (χ1) is 21.3. The molecule has 1 saturated carbocycles. The van der Waals surface area contributed by atoms with E-state index < -0.39 is 6.10 Å². The summed E-state index contributed by atoms with van der Waals surface area (Å²) in [6, 6.07) is 13.9. The van der Waals surface area contributed by atoms with Gasteiger partial charge in [0.2, 0.25) is 0 Å². The normalized spacial score (nSPS) is 21.1. The van der Waals surface area contributed by atoms with Gasteiger partial charge in [-0.2, -0.15) is 0 Å². The molecule has 0 radical (unpaired) electrons. The molecule has 0 amide bonds. The van der Waals surface area contributed by atoms with Gasteiger partial charge >= 0.3 is 11.9 Å². The summed E-state index contributed by atoms with van der Waals surface area (Å²) >= 11 is 5.96. The van der Waals surface area contributed by atoms with Crippen LogP contribution in [0.3, 0.4) is 0 Å². The zero-order valence-corrected chi connectivity index (χ0v) is 26.4. The van der Waals surface area contributed by atoms with Crippen molar-refractivity contribution in [3.63, 3.8) is 0 Å². The first-order valence-corrected chi connectivity index (χ1v) is 16.4. The standard InChI is InChI=1S/C35H44ClN3O5/c1-24(40)44-31(12-6-25-2-8-29(36)9-3-25)23-43-35(42)21-27-14-18-39(19-15-27)30-10-4-26(5-11-30)20-34(41)28-7-13-32-33(22-28)38-17-16-37-32/h2-3,7-9,13,17,22,26-27,30-31,37H,4-6,10-12,14-16,18-21,23H2,1H3. The molecule has 5 rings (SSSR count). The number of halogens is 1. The Bertz CT molecular complexity index is 1310. The van der Waals surface area contributed by atoms with Crippen molar-refractivity contribution in [3.8, 4) is 0 Å². The van der Waals surface area contributed by atoms with E-state index in [9.17, 15) is 14.4 Å². The van der Waals surface area contributed by atoms with Crippen LogP contribution in [-0.2, 0) is 25.5 Å². The van der Waals surface area contributed by atoms with E-state index in [2.05, 4.69) is 15.2 Å². The van der Waals surface area contributed by atoms with Crippen LogP contribution in [-0.4, -0.2) is 67.2 Å². The third-order valence-corrected chi connectivity index (χ3v) is 9.53. The van der Waals surface area contributed by atoms with E-state index in [4.69, 9.17) is 21.1 Å². The predicted molar refractivity (Wildman–Crippen MR) is 173 cm³/mol. The van der Waals surface area contributed by atoms with Crippen molar-refractivity contribution < 1.29 is 23.9 Å². The molecule has 1 saturated heterocycles. The van der Waals surface area contributed by atoms with Gasteiger partial charge in [0.1, 0.15) is 12.7 Å². The molecule has 3 aliphatic rings. The molecule has 44 heavy (non-hydrogen) atoms. The van der Waals surface area contributed by atoms with E-state index in [0.29, 0.717) is 48.6 Å². The second-order valence-corrected chi connectivity index (χ2v) is 12.9. The minimum atomic E-state index is -0.469. The fourth-order valence-corrected chi connectivity index (χ4v) is 6.87. The molecule has 2 heterocycles. The highest BCUT2D eigenvalue weighted by Gasteiger charge is 2.31. The molecule has 9 heteroatoms. The molecule has 1 aliphatic carbocycles. The van der Waals surface area contributed by atoms with Crippen molar-refractivity contribution >= 4 is 46.9 Å². The summed E-state index contributed by atoms with van der Waals surface area (Å²) in [6.07, 6.45) is 10.0. The Morgan fingerprint density at radius 2 is 1.70 bits per heavy atom. The Labute approximate surface area is 265 Å². The van der Waals surface area contributed by atoms with Gasteiger partial charge in [0.25, 0.3) is 0 Å². The Morgan fingerprint density at radius 1 is 0.977 bits per heavy atom. The highest BCUT2D eigenvalue weighted by atomic mass is 35.5. The van der Waals surface area contributed by atoms with Crippen LogP contribution in [0.2, 0.25) is 5.02 Å². The van der Waals surface area contributed by atoms with Gasteiger partial charge < -0.3 is 19.7 Å². The molecule has 2 aromatic carbocycles. The maximum atomic E-state index is 13.0. The number of ketones is 1. The summed E-state index contributed by atoms with van der Waals surface area (Å²) < 4.78 is 11.0. The van der Waals surface area contributed by atoms with Gasteiger partial charge in [0.05, 0.1) is 17.9 Å². The fraction of sp³-hybridized carbons (Fsp3) is 0.543.